The van der Waals surface area contributed by atoms with Crippen molar-refractivity contribution in [3.63, 3.8) is 0 Å². The van der Waals surface area contributed by atoms with Crippen LogP contribution >= 0.6 is 11.6 Å². The maximum absolute atomic E-state index is 13.2. The van der Waals surface area contributed by atoms with E-state index in [4.69, 9.17) is 17.3 Å². The highest BCUT2D eigenvalue weighted by atomic mass is 35.5. The standard InChI is InChI=1S/C8H10ClFN2O2S/c9-6-1-2-7(10)8(5-6)15(13,14)12-4-3-11/h1-2,5,12H,3-4,11H2. The van der Waals surface area contributed by atoms with E-state index in [-0.39, 0.29) is 18.1 Å². The quantitative estimate of drug-likeness (QED) is 0.829. The van der Waals surface area contributed by atoms with Crippen LogP contribution in [0.4, 0.5) is 4.39 Å². The van der Waals surface area contributed by atoms with Crippen LogP contribution in [-0.2, 0) is 10.0 Å². The molecule has 0 spiro atoms. The van der Waals surface area contributed by atoms with Crippen molar-refractivity contribution >= 4 is 21.6 Å². The van der Waals surface area contributed by atoms with Gasteiger partial charge in [-0.2, -0.15) is 0 Å². The summed E-state index contributed by atoms with van der Waals surface area (Å²) < 4.78 is 38.3. The molecule has 3 N–H and O–H groups in total. The van der Waals surface area contributed by atoms with Crippen molar-refractivity contribution < 1.29 is 12.8 Å². The van der Waals surface area contributed by atoms with Crippen LogP contribution in [0.15, 0.2) is 23.1 Å². The fourth-order valence-corrected chi connectivity index (χ4v) is 2.34. The summed E-state index contributed by atoms with van der Waals surface area (Å²) in [6, 6.07) is 3.33. The van der Waals surface area contributed by atoms with Crippen molar-refractivity contribution in [2.45, 2.75) is 4.90 Å². The molecular formula is C8H10ClFN2O2S. The van der Waals surface area contributed by atoms with E-state index in [1.165, 1.54) is 6.07 Å². The van der Waals surface area contributed by atoms with Crippen LogP contribution in [0, 0.1) is 5.82 Å². The molecule has 0 radical (unpaired) electrons. The molecule has 0 aromatic heterocycles. The van der Waals surface area contributed by atoms with Crippen molar-refractivity contribution in [3.05, 3.63) is 29.0 Å². The molecule has 1 aromatic carbocycles. The molecule has 0 heterocycles. The Kier molecular flexibility index (Phi) is 4.04. The Bertz CT molecular complexity index is 450. The van der Waals surface area contributed by atoms with Gasteiger partial charge in [0.05, 0.1) is 0 Å². The smallest absolute Gasteiger partial charge is 0.243 e. The molecule has 0 saturated carbocycles. The molecule has 84 valence electrons. The van der Waals surface area contributed by atoms with E-state index in [9.17, 15) is 12.8 Å². The zero-order chi connectivity index (χ0) is 11.5. The molecule has 0 unspecified atom stereocenters. The molecule has 1 rings (SSSR count). The highest BCUT2D eigenvalue weighted by Crippen LogP contribution is 2.19. The van der Waals surface area contributed by atoms with E-state index in [1.54, 1.807) is 0 Å². The van der Waals surface area contributed by atoms with Gasteiger partial charge < -0.3 is 5.73 Å². The number of nitrogens with one attached hydrogen (secondary N) is 1. The lowest BCUT2D eigenvalue weighted by atomic mass is 10.3. The summed E-state index contributed by atoms with van der Waals surface area (Å²) in [7, 11) is -3.87. The van der Waals surface area contributed by atoms with E-state index in [0.29, 0.717) is 0 Å². The van der Waals surface area contributed by atoms with Gasteiger partial charge in [0.2, 0.25) is 10.0 Å². The average Bonchev–Trinajstić information content (AvgIpc) is 2.18. The Morgan fingerprint density at radius 2 is 2.13 bits per heavy atom. The van der Waals surface area contributed by atoms with Crippen LogP contribution < -0.4 is 10.5 Å². The number of hydrogen-bond acceptors (Lipinski definition) is 3. The Labute approximate surface area is 92.3 Å². The van der Waals surface area contributed by atoms with Gasteiger partial charge in [0.15, 0.2) is 0 Å². The first kappa shape index (κ1) is 12.4. The molecule has 0 aliphatic rings. The first-order valence-corrected chi connectivity index (χ1v) is 5.98. The number of benzene rings is 1. The van der Waals surface area contributed by atoms with Gasteiger partial charge in [-0.25, -0.2) is 17.5 Å². The van der Waals surface area contributed by atoms with Crippen LogP contribution in [0.5, 0.6) is 0 Å². The molecule has 0 bridgehead atoms. The largest absolute Gasteiger partial charge is 0.329 e. The minimum absolute atomic E-state index is 0.0499. The zero-order valence-electron chi connectivity index (χ0n) is 7.70. The second-order valence-electron chi connectivity index (χ2n) is 2.76. The molecule has 15 heavy (non-hydrogen) atoms. The molecule has 0 atom stereocenters. The predicted octanol–water partition coefficient (Wildman–Crippen LogP) is 0.716. The summed E-state index contributed by atoms with van der Waals surface area (Å²) in [5.41, 5.74) is 5.13. The first-order chi connectivity index (χ1) is 6.97. The molecule has 4 nitrogen and oxygen atoms in total. The summed E-state index contributed by atoms with van der Waals surface area (Å²) in [5.74, 6) is -0.844. The molecule has 0 aliphatic carbocycles. The minimum atomic E-state index is -3.87. The number of nitrogens with two attached hydrogens (primary N) is 1. The van der Waals surface area contributed by atoms with E-state index < -0.39 is 20.7 Å². The van der Waals surface area contributed by atoms with Crippen LogP contribution in [0.25, 0.3) is 0 Å². The van der Waals surface area contributed by atoms with Crippen LogP contribution in [-0.4, -0.2) is 21.5 Å². The van der Waals surface area contributed by atoms with E-state index in [0.717, 1.165) is 12.1 Å². The first-order valence-electron chi connectivity index (χ1n) is 4.12. The highest BCUT2D eigenvalue weighted by molar-refractivity contribution is 7.89. The fraction of sp³-hybridized carbons (Fsp3) is 0.250. The molecule has 0 aliphatic heterocycles. The van der Waals surface area contributed by atoms with Crippen LogP contribution in [0.2, 0.25) is 5.02 Å². The van der Waals surface area contributed by atoms with Gasteiger partial charge in [0.1, 0.15) is 10.7 Å². The van der Waals surface area contributed by atoms with E-state index >= 15 is 0 Å². The Morgan fingerprint density at radius 3 is 2.73 bits per heavy atom. The molecule has 0 saturated heterocycles. The van der Waals surface area contributed by atoms with Gasteiger partial charge in [0, 0.05) is 18.1 Å². The highest BCUT2D eigenvalue weighted by Gasteiger charge is 2.18. The molecule has 1 aromatic rings. The number of hydrogen-bond donors (Lipinski definition) is 2. The van der Waals surface area contributed by atoms with Crippen molar-refractivity contribution in [2.75, 3.05) is 13.1 Å². The van der Waals surface area contributed by atoms with E-state index in [2.05, 4.69) is 4.72 Å². The van der Waals surface area contributed by atoms with Gasteiger partial charge in [-0.15, -0.1) is 0 Å². The van der Waals surface area contributed by atoms with Crippen molar-refractivity contribution in [2.24, 2.45) is 5.73 Å². The SMILES string of the molecule is NCCNS(=O)(=O)c1cc(Cl)ccc1F. The van der Waals surface area contributed by atoms with E-state index in [1.807, 2.05) is 0 Å². The predicted molar refractivity (Wildman–Crippen MR) is 55.7 cm³/mol. The summed E-state index contributed by atoms with van der Waals surface area (Å²) in [4.78, 5) is -0.469. The lowest BCUT2D eigenvalue weighted by Crippen LogP contribution is -2.29. The van der Waals surface area contributed by atoms with Crippen LogP contribution in [0.1, 0.15) is 0 Å². The molecule has 0 amide bonds. The zero-order valence-corrected chi connectivity index (χ0v) is 9.28. The number of sulfonamides is 1. The van der Waals surface area contributed by atoms with Crippen molar-refractivity contribution in [1.82, 2.24) is 4.72 Å². The van der Waals surface area contributed by atoms with Gasteiger partial charge in [0.25, 0.3) is 0 Å². The Balaban J connectivity index is 3.09. The topological polar surface area (TPSA) is 72.2 Å². The average molecular weight is 253 g/mol. The molecule has 0 fully saturated rings. The van der Waals surface area contributed by atoms with Gasteiger partial charge in [-0.3, -0.25) is 0 Å². The minimum Gasteiger partial charge on any atom is -0.329 e. The molecule has 7 heteroatoms. The maximum Gasteiger partial charge on any atom is 0.243 e. The summed E-state index contributed by atoms with van der Waals surface area (Å²) in [5, 5.41) is 0.157. The van der Waals surface area contributed by atoms with Crippen molar-refractivity contribution in [1.29, 1.82) is 0 Å². The molecular weight excluding hydrogens is 243 g/mol. The summed E-state index contributed by atoms with van der Waals surface area (Å²) in [6.07, 6.45) is 0. The lowest BCUT2D eigenvalue weighted by Gasteiger charge is -2.06. The lowest BCUT2D eigenvalue weighted by molar-refractivity contribution is 0.557. The normalized spacial score (nSPS) is 11.7. The number of halogens is 2. The van der Waals surface area contributed by atoms with Crippen LogP contribution in [0.3, 0.4) is 0 Å². The third kappa shape index (κ3) is 3.13. The van der Waals surface area contributed by atoms with Gasteiger partial charge >= 0.3 is 0 Å². The van der Waals surface area contributed by atoms with Crippen molar-refractivity contribution in [3.8, 4) is 0 Å². The summed E-state index contributed by atoms with van der Waals surface area (Å²) >= 11 is 5.57. The summed E-state index contributed by atoms with van der Waals surface area (Å²) in [6.45, 7) is 0.190. The Hall–Kier alpha value is -0.690. The van der Waals surface area contributed by atoms with Gasteiger partial charge in [-0.1, -0.05) is 11.6 Å². The fourth-order valence-electron chi connectivity index (χ4n) is 0.954. The van der Waals surface area contributed by atoms with Gasteiger partial charge in [-0.05, 0) is 18.2 Å². The number of rotatable bonds is 4. The Morgan fingerprint density at radius 1 is 1.47 bits per heavy atom. The second kappa shape index (κ2) is 4.89. The third-order valence-electron chi connectivity index (χ3n) is 1.62. The monoisotopic (exact) mass is 252 g/mol. The third-order valence-corrected chi connectivity index (χ3v) is 3.33. The second-order valence-corrected chi connectivity index (χ2v) is 4.93. The maximum atomic E-state index is 13.2.